The first-order valence-corrected chi connectivity index (χ1v) is 11.8. The molecule has 2 heterocycles. The maximum absolute atomic E-state index is 13.2. The van der Waals surface area contributed by atoms with Crippen molar-refractivity contribution in [3.8, 4) is 0 Å². The lowest BCUT2D eigenvalue weighted by molar-refractivity contribution is -0.128. The molecule has 4 rings (SSSR count). The van der Waals surface area contributed by atoms with Gasteiger partial charge < -0.3 is 15.5 Å². The highest BCUT2D eigenvalue weighted by Crippen LogP contribution is 2.31. The topological polar surface area (TPSA) is 98.8 Å². The molecule has 0 saturated carbocycles. The summed E-state index contributed by atoms with van der Waals surface area (Å²) in [5, 5.41) is 5.92. The zero-order chi connectivity index (χ0) is 22.3. The third-order valence-corrected chi connectivity index (χ3v) is 7.81. The van der Waals surface area contributed by atoms with Gasteiger partial charge >= 0.3 is 0 Å². The molecule has 0 spiro atoms. The van der Waals surface area contributed by atoms with E-state index >= 15 is 0 Å². The predicted molar refractivity (Wildman–Crippen MR) is 120 cm³/mol. The van der Waals surface area contributed by atoms with Gasteiger partial charge in [0.2, 0.25) is 21.8 Å². The average Bonchev–Trinajstić information content (AvgIpc) is 2.85. The number of nitrogens with zero attached hydrogens (tertiary/aromatic N) is 2. The molecule has 0 aliphatic carbocycles. The zero-order valence-electron chi connectivity index (χ0n) is 17.2. The van der Waals surface area contributed by atoms with E-state index in [1.54, 1.807) is 0 Å². The molecule has 10 heteroatoms. The number of hydrogen-bond acceptors (Lipinski definition) is 5. The molecule has 1 saturated heterocycles. The van der Waals surface area contributed by atoms with Crippen LogP contribution in [0.1, 0.15) is 12.5 Å². The van der Waals surface area contributed by atoms with Gasteiger partial charge in [-0.05, 0) is 49.7 Å². The summed E-state index contributed by atoms with van der Waals surface area (Å²) in [6.07, 6.45) is 0. The minimum Gasteiger partial charge on any atom is -0.369 e. The van der Waals surface area contributed by atoms with Gasteiger partial charge in [0.1, 0.15) is 5.92 Å². The van der Waals surface area contributed by atoms with Crippen molar-refractivity contribution in [2.45, 2.75) is 18.7 Å². The monoisotopic (exact) mass is 462 g/mol. The van der Waals surface area contributed by atoms with Crippen molar-refractivity contribution in [1.29, 1.82) is 0 Å². The Kier molecular flexibility index (Phi) is 5.67. The fraction of sp³-hybridized carbons (Fsp3) is 0.333. The smallest absolute Gasteiger partial charge is 0.243 e. The summed E-state index contributed by atoms with van der Waals surface area (Å²) in [5.41, 5.74) is 2.74. The number of anilines is 3. The Morgan fingerprint density at radius 2 is 1.58 bits per heavy atom. The van der Waals surface area contributed by atoms with Crippen molar-refractivity contribution in [2.24, 2.45) is 5.92 Å². The second-order valence-corrected chi connectivity index (χ2v) is 10.1. The molecule has 8 nitrogen and oxygen atoms in total. The molecule has 2 amide bonds. The van der Waals surface area contributed by atoms with Crippen LogP contribution in [0, 0.1) is 12.8 Å². The number of fused-ring (bicyclic) bond motifs is 1. The quantitative estimate of drug-likeness (QED) is 0.683. The van der Waals surface area contributed by atoms with Crippen LogP contribution in [0.25, 0.3) is 0 Å². The van der Waals surface area contributed by atoms with Crippen LogP contribution in [0.5, 0.6) is 0 Å². The summed E-state index contributed by atoms with van der Waals surface area (Å²) in [5.74, 6) is -1.77. The Balaban J connectivity index is 1.54. The number of hydrogen-bond donors (Lipinski definition) is 2. The van der Waals surface area contributed by atoms with Gasteiger partial charge in [-0.1, -0.05) is 17.7 Å². The Morgan fingerprint density at radius 3 is 2.26 bits per heavy atom. The number of halogens is 1. The standard InChI is InChI=1S/C21H23ClN4O4S/c1-13-3-4-15(22)11-19(13)25-7-9-26(10-8-25)31(29,30)16-5-6-17-18(12-16)24-21(28)14(2)20(27)23-17/h3-6,11-12,14H,7-10H2,1-2H3,(H,23,27)(H,24,28). The number of carbonyl (C=O) groups excluding carboxylic acids is 2. The molecule has 2 N–H and O–H groups in total. The van der Waals surface area contributed by atoms with Gasteiger partial charge in [0.15, 0.2) is 0 Å². The van der Waals surface area contributed by atoms with Crippen molar-refractivity contribution in [2.75, 3.05) is 41.7 Å². The van der Waals surface area contributed by atoms with E-state index in [2.05, 4.69) is 15.5 Å². The number of benzene rings is 2. The number of nitrogens with one attached hydrogen (secondary N) is 2. The third kappa shape index (κ3) is 4.13. The molecular weight excluding hydrogens is 440 g/mol. The summed E-state index contributed by atoms with van der Waals surface area (Å²) >= 11 is 6.13. The molecule has 1 fully saturated rings. The van der Waals surface area contributed by atoms with E-state index in [1.807, 2.05) is 25.1 Å². The second kappa shape index (κ2) is 8.14. The van der Waals surface area contributed by atoms with E-state index in [0.29, 0.717) is 36.9 Å². The van der Waals surface area contributed by atoms with Gasteiger partial charge in [0.05, 0.1) is 16.3 Å². The van der Waals surface area contributed by atoms with E-state index in [1.165, 1.54) is 29.4 Å². The van der Waals surface area contributed by atoms with E-state index in [9.17, 15) is 18.0 Å². The fourth-order valence-electron chi connectivity index (χ4n) is 3.74. The average molecular weight is 463 g/mol. The second-order valence-electron chi connectivity index (χ2n) is 7.73. The Hall–Kier alpha value is -2.62. The van der Waals surface area contributed by atoms with Crippen molar-refractivity contribution >= 4 is 50.5 Å². The number of piperazine rings is 1. The highest BCUT2D eigenvalue weighted by molar-refractivity contribution is 7.89. The van der Waals surface area contributed by atoms with Crippen LogP contribution in [-0.2, 0) is 19.6 Å². The normalized spacial score (nSPS) is 20.0. The largest absolute Gasteiger partial charge is 0.369 e. The lowest BCUT2D eigenvalue weighted by Crippen LogP contribution is -2.48. The molecule has 1 unspecified atom stereocenters. The highest BCUT2D eigenvalue weighted by Gasteiger charge is 2.31. The van der Waals surface area contributed by atoms with E-state index in [4.69, 9.17) is 11.6 Å². The summed E-state index contributed by atoms with van der Waals surface area (Å²) < 4.78 is 27.9. The number of carbonyl (C=O) groups is 2. The molecule has 164 valence electrons. The van der Waals surface area contributed by atoms with Crippen molar-refractivity contribution in [3.05, 3.63) is 47.0 Å². The Bertz CT molecular complexity index is 1160. The third-order valence-electron chi connectivity index (χ3n) is 5.68. The lowest BCUT2D eigenvalue weighted by atomic mass is 10.1. The van der Waals surface area contributed by atoms with Crippen LogP contribution in [0.15, 0.2) is 41.3 Å². The SMILES string of the molecule is Cc1ccc(Cl)cc1N1CCN(S(=O)(=O)c2ccc3c(c2)NC(=O)C(C)C(=O)N3)CC1. The number of sulfonamides is 1. The van der Waals surface area contributed by atoms with Gasteiger partial charge in [-0.25, -0.2) is 8.42 Å². The van der Waals surface area contributed by atoms with E-state index in [-0.39, 0.29) is 10.6 Å². The molecule has 31 heavy (non-hydrogen) atoms. The minimum atomic E-state index is -3.76. The fourth-order valence-corrected chi connectivity index (χ4v) is 5.35. The van der Waals surface area contributed by atoms with Crippen molar-refractivity contribution < 1.29 is 18.0 Å². The van der Waals surface area contributed by atoms with Crippen molar-refractivity contribution in [1.82, 2.24) is 4.31 Å². The summed E-state index contributed by atoms with van der Waals surface area (Å²) in [4.78, 5) is 26.3. The van der Waals surface area contributed by atoms with Crippen LogP contribution in [-0.4, -0.2) is 50.7 Å². The molecule has 2 aromatic carbocycles. The van der Waals surface area contributed by atoms with Crippen LogP contribution < -0.4 is 15.5 Å². The van der Waals surface area contributed by atoms with Gasteiger partial charge in [0, 0.05) is 36.9 Å². The molecule has 0 radical (unpaired) electrons. The van der Waals surface area contributed by atoms with Gasteiger partial charge in [-0.3, -0.25) is 9.59 Å². The van der Waals surface area contributed by atoms with E-state index < -0.39 is 27.8 Å². The van der Waals surface area contributed by atoms with Crippen LogP contribution >= 0.6 is 11.6 Å². The number of amides is 2. The maximum atomic E-state index is 13.2. The molecule has 0 bridgehead atoms. The Morgan fingerprint density at radius 1 is 0.935 bits per heavy atom. The van der Waals surface area contributed by atoms with E-state index in [0.717, 1.165) is 11.3 Å². The first kappa shape index (κ1) is 21.6. The molecule has 2 aliphatic rings. The number of rotatable bonds is 3. The molecule has 2 aliphatic heterocycles. The lowest BCUT2D eigenvalue weighted by Gasteiger charge is -2.36. The van der Waals surface area contributed by atoms with Crippen LogP contribution in [0.4, 0.5) is 17.1 Å². The van der Waals surface area contributed by atoms with Crippen LogP contribution in [0.2, 0.25) is 5.02 Å². The van der Waals surface area contributed by atoms with Gasteiger partial charge in [-0.2, -0.15) is 4.31 Å². The number of aryl methyl sites for hydroxylation is 1. The van der Waals surface area contributed by atoms with Gasteiger partial charge in [-0.15, -0.1) is 0 Å². The minimum absolute atomic E-state index is 0.0720. The summed E-state index contributed by atoms with van der Waals surface area (Å²) in [6, 6.07) is 10.0. The first-order chi connectivity index (χ1) is 14.7. The van der Waals surface area contributed by atoms with Crippen LogP contribution in [0.3, 0.4) is 0 Å². The molecule has 0 aromatic heterocycles. The highest BCUT2D eigenvalue weighted by atomic mass is 35.5. The summed E-state index contributed by atoms with van der Waals surface area (Å²) in [6.45, 7) is 5.22. The first-order valence-electron chi connectivity index (χ1n) is 9.94. The van der Waals surface area contributed by atoms with Gasteiger partial charge in [0.25, 0.3) is 0 Å². The summed E-state index contributed by atoms with van der Waals surface area (Å²) in [7, 11) is -3.76. The zero-order valence-corrected chi connectivity index (χ0v) is 18.8. The predicted octanol–water partition coefficient (Wildman–Crippen LogP) is 2.69. The Labute approximate surface area is 186 Å². The van der Waals surface area contributed by atoms with Crippen molar-refractivity contribution in [3.63, 3.8) is 0 Å². The maximum Gasteiger partial charge on any atom is 0.243 e. The molecule has 2 aromatic rings. The molecule has 1 atom stereocenters. The molecular formula is C21H23ClN4O4S.